The molecule has 0 spiro atoms. The fourth-order valence-corrected chi connectivity index (χ4v) is 2.92. The number of nitro benzene ring substituents is 1. The molecular weight excluding hydrogens is 306 g/mol. The molecule has 114 valence electrons. The third kappa shape index (κ3) is 2.52. The Morgan fingerprint density at radius 2 is 2.27 bits per heavy atom. The molecule has 8 heteroatoms. The summed E-state index contributed by atoms with van der Waals surface area (Å²) in [5.41, 5.74) is 1.08. The van der Waals surface area contributed by atoms with Gasteiger partial charge in [-0.05, 0) is 19.9 Å². The molecule has 22 heavy (non-hydrogen) atoms. The summed E-state index contributed by atoms with van der Waals surface area (Å²) in [6.07, 6.45) is -0.631. The van der Waals surface area contributed by atoms with Gasteiger partial charge in [0, 0.05) is 17.5 Å². The molecular formula is C14H13N3O4S. The summed E-state index contributed by atoms with van der Waals surface area (Å²) in [5, 5.41) is 13.7. The standard InChI is InChI=1S/C14H13N3O4S/c1-8-14(18)16(6-10-7-22-9(2)15-10)12-5-11(17(19)20)3-4-13(12)21-8/h3-5,7-8H,6H2,1-2H3. The second kappa shape index (κ2) is 5.38. The number of nitro groups is 1. The number of carbonyl (C=O) groups is 1. The molecule has 0 bridgehead atoms. The predicted molar refractivity (Wildman–Crippen MR) is 81.2 cm³/mol. The van der Waals surface area contributed by atoms with Gasteiger partial charge in [0.25, 0.3) is 11.6 Å². The number of carbonyl (C=O) groups excluding carboxylic acids is 1. The maximum Gasteiger partial charge on any atom is 0.271 e. The van der Waals surface area contributed by atoms with Crippen LogP contribution in [0.2, 0.25) is 0 Å². The molecule has 2 aromatic rings. The van der Waals surface area contributed by atoms with E-state index in [0.29, 0.717) is 11.4 Å². The van der Waals surface area contributed by atoms with Crippen molar-refractivity contribution < 1.29 is 14.5 Å². The van der Waals surface area contributed by atoms with Gasteiger partial charge in [0.15, 0.2) is 6.10 Å². The normalized spacial score (nSPS) is 17.1. The third-order valence-electron chi connectivity index (χ3n) is 3.35. The Labute approximate surface area is 130 Å². The number of fused-ring (bicyclic) bond motifs is 1. The monoisotopic (exact) mass is 319 g/mol. The summed E-state index contributed by atoms with van der Waals surface area (Å²) < 4.78 is 5.52. The average molecular weight is 319 g/mol. The summed E-state index contributed by atoms with van der Waals surface area (Å²) in [5.74, 6) is 0.225. The molecule has 7 nitrogen and oxygen atoms in total. The van der Waals surface area contributed by atoms with E-state index in [1.165, 1.54) is 34.4 Å². The Morgan fingerprint density at radius 1 is 1.50 bits per heavy atom. The van der Waals surface area contributed by atoms with Crippen LogP contribution >= 0.6 is 11.3 Å². The molecule has 1 amide bonds. The Balaban J connectivity index is 2.02. The fraction of sp³-hybridized carbons (Fsp3) is 0.286. The van der Waals surface area contributed by atoms with Crippen LogP contribution in [0.15, 0.2) is 23.6 Å². The number of amides is 1. The maximum atomic E-state index is 12.4. The first-order chi connectivity index (χ1) is 10.5. The van der Waals surface area contributed by atoms with Crippen molar-refractivity contribution in [1.29, 1.82) is 0 Å². The van der Waals surface area contributed by atoms with Gasteiger partial charge in [0.1, 0.15) is 5.75 Å². The van der Waals surface area contributed by atoms with Gasteiger partial charge in [0.2, 0.25) is 0 Å². The van der Waals surface area contributed by atoms with Crippen molar-refractivity contribution in [1.82, 2.24) is 4.98 Å². The van der Waals surface area contributed by atoms with Gasteiger partial charge in [-0.1, -0.05) is 0 Å². The van der Waals surface area contributed by atoms with Crippen LogP contribution in [-0.4, -0.2) is 21.9 Å². The van der Waals surface area contributed by atoms with E-state index in [1.54, 1.807) is 6.92 Å². The molecule has 0 fully saturated rings. The molecule has 0 radical (unpaired) electrons. The molecule has 0 aliphatic carbocycles. The lowest BCUT2D eigenvalue weighted by atomic mass is 10.1. The molecule has 1 aromatic carbocycles. The fourth-order valence-electron chi connectivity index (χ4n) is 2.31. The van der Waals surface area contributed by atoms with Crippen LogP contribution in [0.5, 0.6) is 5.75 Å². The first-order valence-corrected chi connectivity index (χ1v) is 7.51. The van der Waals surface area contributed by atoms with Crippen molar-refractivity contribution in [2.24, 2.45) is 0 Å². The van der Waals surface area contributed by atoms with Crippen LogP contribution in [0.3, 0.4) is 0 Å². The number of thiazole rings is 1. The first-order valence-electron chi connectivity index (χ1n) is 6.63. The first kappa shape index (κ1) is 14.5. The summed E-state index contributed by atoms with van der Waals surface area (Å²) in [7, 11) is 0. The lowest BCUT2D eigenvalue weighted by Crippen LogP contribution is -2.44. The second-order valence-electron chi connectivity index (χ2n) is 4.95. The lowest BCUT2D eigenvalue weighted by Gasteiger charge is -2.32. The molecule has 1 aliphatic heterocycles. The Kier molecular flexibility index (Phi) is 3.53. The van der Waals surface area contributed by atoms with E-state index in [2.05, 4.69) is 4.98 Å². The highest BCUT2D eigenvalue weighted by atomic mass is 32.1. The number of nitrogens with zero attached hydrogens (tertiary/aromatic N) is 3. The largest absolute Gasteiger partial charge is 0.479 e. The minimum atomic E-state index is -0.631. The zero-order valence-corrected chi connectivity index (χ0v) is 12.8. The lowest BCUT2D eigenvalue weighted by molar-refractivity contribution is -0.384. The van der Waals surface area contributed by atoms with E-state index in [1.807, 2.05) is 12.3 Å². The molecule has 1 aromatic heterocycles. The molecule has 3 rings (SSSR count). The van der Waals surface area contributed by atoms with Gasteiger partial charge in [-0.15, -0.1) is 11.3 Å². The SMILES string of the molecule is Cc1nc(CN2C(=O)C(C)Oc3ccc([N+](=O)[O-])cc32)cs1. The van der Waals surface area contributed by atoms with Gasteiger partial charge >= 0.3 is 0 Å². The third-order valence-corrected chi connectivity index (χ3v) is 4.17. The number of hydrogen-bond acceptors (Lipinski definition) is 6. The van der Waals surface area contributed by atoms with Crippen molar-refractivity contribution in [3.05, 3.63) is 44.4 Å². The van der Waals surface area contributed by atoms with E-state index in [4.69, 9.17) is 4.74 Å². The van der Waals surface area contributed by atoms with E-state index in [9.17, 15) is 14.9 Å². The summed E-state index contributed by atoms with van der Waals surface area (Å²) in [4.78, 5) is 28.7. The maximum absolute atomic E-state index is 12.4. The number of anilines is 1. The highest BCUT2D eigenvalue weighted by molar-refractivity contribution is 7.09. The number of ether oxygens (including phenoxy) is 1. The minimum absolute atomic E-state index is 0.0795. The van der Waals surface area contributed by atoms with Crippen molar-refractivity contribution in [2.75, 3.05) is 4.90 Å². The molecule has 1 aliphatic rings. The van der Waals surface area contributed by atoms with Crippen LogP contribution in [0.1, 0.15) is 17.6 Å². The molecule has 1 unspecified atom stereocenters. The highest BCUT2D eigenvalue weighted by Crippen LogP contribution is 2.37. The molecule has 2 heterocycles. The van der Waals surface area contributed by atoms with E-state index in [0.717, 1.165) is 10.7 Å². The van der Waals surface area contributed by atoms with Crippen LogP contribution in [0.25, 0.3) is 0 Å². The molecule has 1 atom stereocenters. The number of benzene rings is 1. The topological polar surface area (TPSA) is 85.6 Å². The molecule has 0 N–H and O–H groups in total. The van der Waals surface area contributed by atoms with Crippen LogP contribution in [-0.2, 0) is 11.3 Å². The minimum Gasteiger partial charge on any atom is -0.479 e. The van der Waals surface area contributed by atoms with E-state index < -0.39 is 11.0 Å². The second-order valence-corrected chi connectivity index (χ2v) is 6.01. The van der Waals surface area contributed by atoms with Gasteiger partial charge < -0.3 is 4.74 Å². The van der Waals surface area contributed by atoms with Gasteiger partial charge in [-0.3, -0.25) is 19.8 Å². The van der Waals surface area contributed by atoms with E-state index in [-0.39, 0.29) is 18.1 Å². The smallest absolute Gasteiger partial charge is 0.271 e. The molecule has 0 saturated carbocycles. The highest BCUT2D eigenvalue weighted by Gasteiger charge is 2.33. The van der Waals surface area contributed by atoms with Gasteiger partial charge in [-0.25, -0.2) is 4.98 Å². The van der Waals surface area contributed by atoms with Gasteiger partial charge in [0.05, 0.1) is 27.9 Å². The number of rotatable bonds is 3. The summed E-state index contributed by atoms with van der Waals surface area (Å²) in [6, 6.07) is 4.25. The number of hydrogen-bond donors (Lipinski definition) is 0. The summed E-state index contributed by atoms with van der Waals surface area (Å²) in [6.45, 7) is 3.81. The number of aryl methyl sites for hydroxylation is 1. The quantitative estimate of drug-likeness (QED) is 0.641. The van der Waals surface area contributed by atoms with Crippen molar-refractivity contribution >= 4 is 28.6 Å². The number of non-ortho nitro benzene ring substituents is 1. The zero-order chi connectivity index (χ0) is 15.9. The van der Waals surface area contributed by atoms with Crippen LogP contribution in [0, 0.1) is 17.0 Å². The van der Waals surface area contributed by atoms with Crippen molar-refractivity contribution in [3.8, 4) is 5.75 Å². The summed E-state index contributed by atoms with van der Waals surface area (Å²) >= 11 is 1.50. The Hall–Kier alpha value is -2.48. The van der Waals surface area contributed by atoms with Crippen LogP contribution in [0.4, 0.5) is 11.4 Å². The Bertz CT molecular complexity index is 758. The van der Waals surface area contributed by atoms with Crippen molar-refractivity contribution in [3.63, 3.8) is 0 Å². The van der Waals surface area contributed by atoms with E-state index >= 15 is 0 Å². The zero-order valence-electron chi connectivity index (χ0n) is 12.0. The van der Waals surface area contributed by atoms with Crippen molar-refractivity contribution in [2.45, 2.75) is 26.5 Å². The average Bonchev–Trinajstić information content (AvgIpc) is 2.88. The molecule has 0 saturated heterocycles. The number of aromatic nitrogens is 1. The Morgan fingerprint density at radius 3 is 2.91 bits per heavy atom. The van der Waals surface area contributed by atoms with Crippen LogP contribution < -0.4 is 9.64 Å². The van der Waals surface area contributed by atoms with Gasteiger partial charge in [-0.2, -0.15) is 0 Å². The predicted octanol–water partition coefficient (Wildman–Crippen LogP) is 2.67.